The average molecular weight is 331 g/mol. The molecule has 2 aromatic heterocycles. The van der Waals surface area contributed by atoms with Gasteiger partial charge in [-0.1, -0.05) is 17.7 Å². The first-order valence-electron chi connectivity index (χ1n) is 7.07. The summed E-state index contributed by atoms with van der Waals surface area (Å²) in [6, 6.07) is 10.4. The van der Waals surface area contributed by atoms with E-state index in [0.29, 0.717) is 22.9 Å². The third-order valence-corrected chi connectivity index (χ3v) is 4.91. The van der Waals surface area contributed by atoms with Crippen LogP contribution in [0.3, 0.4) is 0 Å². The lowest BCUT2D eigenvalue weighted by atomic mass is 10.2. The van der Waals surface area contributed by atoms with Gasteiger partial charge in [0.05, 0.1) is 0 Å². The normalized spacial score (nSPS) is 11.6. The minimum atomic E-state index is -3.72. The molecule has 3 rings (SSSR count). The summed E-state index contributed by atoms with van der Waals surface area (Å²) in [5, 5.41) is 6.89. The second-order valence-corrected chi connectivity index (χ2v) is 7.09. The van der Waals surface area contributed by atoms with Crippen molar-refractivity contribution < 1.29 is 12.8 Å². The highest BCUT2D eigenvalue weighted by Gasteiger charge is 2.23. The lowest BCUT2D eigenvalue weighted by Gasteiger charge is -2.07. The molecule has 0 amide bonds. The van der Waals surface area contributed by atoms with Crippen molar-refractivity contribution in [2.24, 2.45) is 0 Å². The van der Waals surface area contributed by atoms with Gasteiger partial charge in [0.15, 0.2) is 5.76 Å². The van der Waals surface area contributed by atoms with Gasteiger partial charge in [-0.25, -0.2) is 8.42 Å². The van der Waals surface area contributed by atoms with Gasteiger partial charge < -0.3 is 4.42 Å². The van der Waals surface area contributed by atoms with Crippen LogP contribution in [0.5, 0.6) is 0 Å². The van der Waals surface area contributed by atoms with Crippen LogP contribution in [-0.4, -0.2) is 18.6 Å². The Bertz CT molecular complexity index is 937. The second-order valence-electron chi connectivity index (χ2n) is 5.44. The van der Waals surface area contributed by atoms with Crippen LogP contribution in [0, 0.1) is 20.8 Å². The Morgan fingerprint density at radius 3 is 2.39 bits per heavy atom. The lowest BCUT2D eigenvalue weighted by Crippen LogP contribution is -2.13. The molecule has 1 aromatic carbocycles. The smallest absolute Gasteiger partial charge is 0.265 e. The fourth-order valence-electron chi connectivity index (χ4n) is 2.23. The number of hydrogen-bond acceptors (Lipinski definition) is 4. The summed E-state index contributed by atoms with van der Waals surface area (Å²) in [6.07, 6.45) is 0. The SMILES string of the molecule is Cc1ccc(NS(=O)(=O)c2cc(-c3cc(C)[nH]n3)oc2C)cc1. The molecule has 2 heterocycles. The van der Waals surface area contributed by atoms with Crippen molar-refractivity contribution in [1.82, 2.24) is 10.2 Å². The summed E-state index contributed by atoms with van der Waals surface area (Å²) in [5.41, 5.74) is 3.01. The summed E-state index contributed by atoms with van der Waals surface area (Å²) < 4.78 is 33.2. The van der Waals surface area contributed by atoms with Crippen LogP contribution < -0.4 is 4.72 Å². The van der Waals surface area contributed by atoms with E-state index in [4.69, 9.17) is 4.42 Å². The summed E-state index contributed by atoms with van der Waals surface area (Å²) >= 11 is 0. The number of anilines is 1. The van der Waals surface area contributed by atoms with E-state index in [9.17, 15) is 8.42 Å². The fraction of sp³-hybridized carbons (Fsp3) is 0.188. The molecule has 0 saturated heterocycles. The average Bonchev–Trinajstić information content (AvgIpc) is 3.07. The number of hydrogen-bond donors (Lipinski definition) is 2. The van der Waals surface area contributed by atoms with Crippen molar-refractivity contribution in [1.29, 1.82) is 0 Å². The van der Waals surface area contributed by atoms with Crippen molar-refractivity contribution in [2.75, 3.05) is 4.72 Å². The fourth-order valence-corrected chi connectivity index (χ4v) is 3.47. The molecule has 120 valence electrons. The van der Waals surface area contributed by atoms with Crippen molar-refractivity contribution in [3.63, 3.8) is 0 Å². The van der Waals surface area contributed by atoms with Crippen LogP contribution in [0.1, 0.15) is 17.0 Å². The van der Waals surface area contributed by atoms with Crippen LogP contribution in [0.2, 0.25) is 0 Å². The van der Waals surface area contributed by atoms with Crippen molar-refractivity contribution in [3.8, 4) is 11.5 Å². The number of furan rings is 1. The van der Waals surface area contributed by atoms with E-state index in [-0.39, 0.29) is 4.90 Å². The number of benzene rings is 1. The van der Waals surface area contributed by atoms with E-state index < -0.39 is 10.0 Å². The highest BCUT2D eigenvalue weighted by atomic mass is 32.2. The van der Waals surface area contributed by atoms with Crippen molar-refractivity contribution in [3.05, 3.63) is 53.4 Å². The summed E-state index contributed by atoms with van der Waals surface area (Å²) in [4.78, 5) is 0.105. The maximum absolute atomic E-state index is 12.6. The Morgan fingerprint density at radius 1 is 1.09 bits per heavy atom. The molecule has 0 unspecified atom stereocenters. The van der Waals surface area contributed by atoms with E-state index in [1.54, 1.807) is 25.1 Å². The molecule has 0 aliphatic rings. The molecule has 0 bridgehead atoms. The van der Waals surface area contributed by atoms with E-state index >= 15 is 0 Å². The molecule has 0 aliphatic carbocycles. The first-order valence-corrected chi connectivity index (χ1v) is 8.56. The predicted molar refractivity (Wildman–Crippen MR) is 87.8 cm³/mol. The molecule has 23 heavy (non-hydrogen) atoms. The van der Waals surface area contributed by atoms with Gasteiger partial charge in [0, 0.05) is 17.4 Å². The number of H-pyrrole nitrogens is 1. The van der Waals surface area contributed by atoms with Crippen LogP contribution in [-0.2, 0) is 10.0 Å². The third-order valence-electron chi connectivity index (χ3n) is 3.42. The lowest BCUT2D eigenvalue weighted by molar-refractivity contribution is 0.534. The number of nitrogens with one attached hydrogen (secondary N) is 2. The van der Waals surface area contributed by atoms with Gasteiger partial charge in [-0.3, -0.25) is 9.82 Å². The van der Waals surface area contributed by atoms with Gasteiger partial charge >= 0.3 is 0 Å². The Balaban J connectivity index is 1.94. The quantitative estimate of drug-likeness (QED) is 0.767. The van der Waals surface area contributed by atoms with Gasteiger partial charge in [0.25, 0.3) is 10.0 Å². The minimum Gasteiger partial charge on any atom is -0.458 e. The Hall–Kier alpha value is -2.54. The van der Waals surface area contributed by atoms with E-state index in [0.717, 1.165) is 11.3 Å². The topological polar surface area (TPSA) is 88.0 Å². The van der Waals surface area contributed by atoms with Gasteiger partial charge in [0.1, 0.15) is 16.3 Å². The highest BCUT2D eigenvalue weighted by Crippen LogP contribution is 2.28. The van der Waals surface area contributed by atoms with Crippen LogP contribution in [0.25, 0.3) is 11.5 Å². The molecule has 0 spiro atoms. The molecular weight excluding hydrogens is 314 g/mol. The Labute approximate surface area is 134 Å². The van der Waals surface area contributed by atoms with Gasteiger partial charge in [0.2, 0.25) is 0 Å². The van der Waals surface area contributed by atoms with Crippen LogP contribution >= 0.6 is 0 Å². The minimum absolute atomic E-state index is 0.105. The molecule has 3 aromatic rings. The molecule has 0 aliphatic heterocycles. The molecular formula is C16H17N3O3S. The largest absolute Gasteiger partial charge is 0.458 e. The second kappa shape index (κ2) is 5.58. The maximum atomic E-state index is 12.6. The predicted octanol–water partition coefficient (Wildman–Crippen LogP) is 3.40. The van der Waals surface area contributed by atoms with Gasteiger partial charge in [-0.2, -0.15) is 5.10 Å². The Morgan fingerprint density at radius 2 is 1.78 bits per heavy atom. The van der Waals surface area contributed by atoms with E-state index in [1.165, 1.54) is 6.07 Å². The molecule has 2 N–H and O–H groups in total. The first-order chi connectivity index (χ1) is 10.8. The number of aryl methyl sites for hydroxylation is 3. The standard InChI is InChI=1S/C16H17N3O3S/c1-10-4-6-13(7-5-10)19-23(20,21)16-9-15(22-12(16)3)14-8-11(2)17-18-14/h4-9,19H,1-3H3,(H,17,18). The summed E-state index contributed by atoms with van der Waals surface area (Å²) in [7, 11) is -3.72. The van der Waals surface area contributed by atoms with Crippen LogP contribution in [0.4, 0.5) is 5.69 Å². The molecule has 0 radical (unpaired) electrons. The third kappa shape index (κ3) is 3.14. The van der Waals surface area contributed by atoms with E-state index in [2.05, 4.69) is 14.9 Å². The van der Waals surface area contributed by atoms with Crippen molar-refractivity contribution >= 4 is 15.7 Å². The molecule has 6 nitrogen and oxygen atoms in total. The number of rotatable bonds is 4. The zero-order chi connectivity index (χ0) is 16.6. The van der Waals surface area contributed by atoms with Gasteiger partial charge in [-0.05, 0) is 39.0 Å². The Kier molecular flexibility index (Phi) is 3.73. The number of aromatic nitrogens is 2. The molecule has 0 fully saturated rings. The summed E-state index contributed by atoms with van der Waals surface area (Å²) in [6.45, 7) is 5.42. The highest BCUT2D eigenvalue weighted by molar-refractivity contribution is 7.92. The molecule has 7 heteroatoms. The van der Waals surface area contributed by atoms with Gasteiger partial charge in [-0.15, -0.1) is 0 Å². The number of nitrogens with zero attached hydrogens (tertiary/aromatic N) is 1. The zero-order valence-corrected chi connectivity index (χ0v) is 13.9. The zero-order valence-electron chi connectivity index (χ0n) is 13.0. The first kappa shape index (κ1) is 15.4. The van der Waals surface area contributed by atoms with E-state index in [1.807, 2.05) is 26.0 Å². The maximum Gasteiger partial charge on any atom is 0.265 e. The van der Waals surface area contributed by atoms with Crippen molar-refractivity contribution in [2.45, 2.75) is 25.7 Å². The monoisotopic (exact) mass is 331 g/mol. The van der Waals surface area contributed by atoms with Crippen LogP contribution in [0.15, 0.2) is 45.7 Å². The molecule has 0 saturated carbocycles. The summed E-state index contributed by atoms with van der Waals surface area (Å²) in [5.74, 6) is 0.733. The molecule has 0 atom stereocenters. The number of aromatic amines is 1. The number of sulfonamides is 1.